The van der Waals surface area contributed by atoms with Crippen LogP contribution in [0.1, 0.15) is 27.2 Å². The minimum Gasteiger partial charge on any atom is -0.493 e. The van der Waals surface area contributed by atoms with E-state index in [1.807, 2.05) is 42.5 Å². The van der Waals surface area contributed by atoms with E-state index in [1.54, 1.807) is 19.2 Å². The van der Waals surface area contributed by atoms with Crippen molar-refractivity contribution >= 4 is 39.1 Å². The molecule has 4 aromatic rings. The smallest absolute Gasteiger partial charge is 0.293 e. The third-order valence-corrected chi connectivity index (χ3v) is 5.24. The van der Waals surface area contributed by atoms with E-state index in [0.29, 0.717) is 27.0 Å². The first-order valence-corrected chi connectivity index (χ1v) is 9.33. The molecule has 0 spiro atoms. The van der Waals surface area contributed by atoms with Gasteiger partial charge in [0.2, 0.25) is 0 Å². The number of methoxy groups -OCH3 is 1. The molecule has 0 aliphatic heterocycles. The first-order chi connectivity index (χ1) is 13.6. The van der Waals surface area contributed by atoms with Gasteiger partial charge >= 0.3 is 0 Å². The number of nitrogens with zero attached hydrogens (tertiary/aromatic N) is 1. The van der Waals surface area contributed by atoms with Gasteiger partial charge in [-0.3, -0.25) is 14.9 Å². The number of benzene rings is 2. The number of aromatic nitrogens is 1. The molecule has 2 heterocycles. The third-order valence-electron chi connectivity index (χ3n) is 4.17. The van der Waals surface area contributed by atoms with Gasteiger partial charge < -0.3 is 9.15 Å². The van der Waals surface area contributed by atoms with Crippen LogP contribution in [0.4, 0.5) is 5.13 Å². The number of ether oxygens (including phenoxy) is 1. The molecule has 0 radical (unpaired) electrons. The first kappa shape index (κ1) is 17.9. The summed E-state index contributed by atoms with van der Waals surface area (Å²) in [7, 11) is 1.54. The monoisotopic (exact) mass is 392 g/mol. The maximum absolute atomic E-state index is 12.6. The van der Waals surface area contributed by atoms with Crippen LogP contribution in [0.15, 0.2) is 59.0 Å². The number of nitrogens with one attached hydrogen (secondary N) is 1. The van der Waals surface area contributed by atoms with Crippen LogP contribution >= 0.6 is 11.3 Å². The highest BCUT2D eigenvalue weighted by Crippen LogP contribution is 2.33. The number of fused-ring (bicyclic) bond motifs is 1. The van der Waals surface area contributed by atoms with Crippen molar-refractivity contribution in [1.82, 2.24) is 4.98 Å². The molecule has 0 aliphatic rings. The van der Waals surface area contributed by atoms with Crippen molar-refractivity contribution in [2.75, 3.05) is 12.4 Å². The van der Waals surface area contributed by atoms with Gasteiger partial charge in [0.1, 0.15) is 0 Å². The number of furan rings is 1. The molecule has 28 heavy (non-hydrogen) atoms. The zero-order valence-electron chi connectivity index (χ0n) is 15.2. The Kier molecular flexibility index (Phi) is 4.67. The van der Waals surface area contributed by atoms with Gasteiger partial charge in [0, 0.05) is 17.9 Å². The Morgan fingerprint density at radius 3 is 2.61 bits per heavy atom. The van der Waals surface area contributed by atoms with Crippen LogP contribution in [-0.4, -0.2) is 23.8 Å². The number of ketones is 1. The van der Waals surface area contributed by atoms with E-state index >= 15 is 0 Å². The molecule has 140 valence electrons. The largest absolute Gasteiger partial charge is 0.493 e. The Bertz CT molecular complexity index is 1180. The molecule has 2 aromatic carbocycles. The van der Waals surface area contributed by atoms with Gasteiger partial charge in [-0.1, -0.05) is 53.8 Å². The number of carbonyl (C=O) groups is 2. The molecule has 7 heteroatoms. The molecule has 0 bridgehead atoms. The maximum Gasteiger partial charge on any atom is 0.293 e. The van der Waals surface area contributed by atoms with Crippen molar-refractivity contribution in [3.05, 3.63) is 65.2 Å². The van der Waals surface area contributed by atoms with Crippen LogP contribution in [0.2, 0.25) is 0 Å². The summed E-state index contributed by atoms with van der Waals surface area (Å²) in [4.78, 5) is 29.6. The lowest BCUT2D eigenvalue weighted by Gasteiger charge is -1.99. The molecule has 0 unspecified atom stereocenters. The van der Waals surface area contributed by atoms with Crippen molar-refractivity contribution < 1.29 is 18.7 Å². The summed E-state index contributed by atoms with van der Waals surface area (Å²) in [5.74, 6) is 0.142. The molecule has 1 amide bonds. The van der Waals surface area contributed by atoms with Crippen molar-refractivity contribution in [2.45, 2.75) is 6.92 Å². The van der Waals surface area contributed by atoms with Gasteiger partial charge in [0.05, 0.1) is 17.7 Å². The zero-order chi connectivity index (χ0) is 19.7. The normalized spacial score (nSPS) is 10.8. The van der Waals surface area contributed by atoms with Gasteiger partial charge in [-0.25, -0.2) is 4.98 Å². The quantitative estimate of drug-likeness (QED) is 0.482. The Labute approximate surface area is 164 Å². The van der Waals surface area contributed by atoms with Crippen LogP contribution in [0.3, 0.4) is 0 Å². The number of Topliss-reactive ketones (excluding diaryl/α,β-unsaturated/α-hetero) is 1. The molecule has 0 aliphatic carbocycles. The lowest BCUT2D eigenvalue weighted by atomic mass is 10.1. The lowest BCUT2D eigenvalue weighted by Crippen LogP contribution is -2.10. The number of para-hydroxylation sites is 1. The van der Waals surface area contributed by atoms with Gasteiger partial charge in [-0.2, -0.15) is 0 Å². The van der Waals surface area contributed by atoms with E-state index in [4.69, 9.17) is 9.15 Å². The van der Waals surface area contributed by atoms with E-state index in [-0.39, 0.29) is 11.5 Å². The van der Waals surface area contributed by atoms with Crippen molar-refractivity contribution in [3.8, 4) is 17.0 Å². The SMILES string of the molecule is COc1cccc2cc(C(=O)Nc3nc(-c4ccccc4)c(C(C)=O)s3)oc12. The number of amides is 1. The average molecular weight is 392 g/mol. The number of anilines is 1. The molecule has 1 N–H and O–H groups in total. The van der Waals surface area contributed by atoms with Crippen LogP contribution in [0.5, 0.6) is 5.75 Å². The van der Waals surface area contributed by atoms with E-state index in [2.05, 4.69) is 10.3 Å². The lowest BCUT2D eigenvalue weighted by molar-refractivity contribution is 0.0995. The van der Waals surface area contributed by atoms with Gasteiger partial charge in [0.15, 0.2) is 28.0 Å². The van der Waals surface area contributed by atoms with Crippen molar-refractivity contribution in [1.29, 1.82) is 0 Å². The minimum absolute atomic E-state index is 0.106. The Balaban J connectivity index is 1.66. The van der Waals surface area contributed by atoms with E-state index < -0.39 is 5.91 Å². The van der Waals surface area contributed by atoms with E-state index in [9.17, 15) is 9.59 Å². The van der Waals surface area contributed by atoms with Gasteiger partial charge in [-0.05, 0) is 12.1 Å². The standard InChI is InChI=1S/C21H16N2O4S/c1-12(24)19-17(13-7-4-3-5-8-13)22-21(28-19)23-20(25)16-11-14-9-6-10-15(26-2)18(14)27-16/h3-11H,1-2H3,(H,22,23,25). The van der Waals surface area contributed by atoms with Gasteiger partial charge in [0.25, 0.3) is 5.91 Å². The number of hydrogen-bond donors (Lipinski definition) is 1. The molecular weight excluding hydrogens is 376 g/mol. The number of hydrogen-bond acceptors (Lipinski definition) is 6. The van der Waals surface area contributed by atoms with Crippen LogP contribution in [-0.2, 0) is 0 Å². The number of carbonyl (C=O) groups excluding carboxylic acids is 2. The molecule has 2 aromatic heterocycles. The first-order valence-electron chi connectivity index (χ1n) is 8.52. The van der Waals surface area contributed by atoms with E-state index in [0.717, 1.165) is 22.3 Å². The fraction of sp³-hybridized carbons (Fsp3) is 0.0952. The minimum atomic E-state index is -0.443. The summed E-state index contributed by atoms with van der Waals surface area (Å²) in [6.07, 6.45) is 0. The van der Waals surface area contributed by atoms with Crippen LogP contribution < -0.4 is 10.1 Å². The summed E-state index contributed by atoms with van der Waals surface area (Å²) in [5.41, 5.74) is 1.88. The number of thiazole rings is 1. The Hall–Kier alpha value is -3.45. The molecular formula is C21H16N2O4S. The zero-order valence-corrected chi connectivity index (χ0v) is 16.0. The molecule has 6 nitrogen and oxygen atoms in total. The predicted molar refractivity (Wildman–Crippen MR) is 108 cm³/mol. The summed E-state index contributed by atoms with van der Waals surface area (Å²) >= 11 is 1.14. The highest BCUT2D eigenvalue weighted by molar-refractivity contribution is 7.18. The topological polar surface area (TPSA) is 81.4 Å². The summed E-state index contributed by atoms with van der Waals surface area (Å²) in [5, 5.41) is 3.82. The maximum atomic E-state index is 12.6. The van der Waals surface area contributed by atoms with Crippen molar-refractivity contribution in [2.24, 2.45) is 0 Å². The molecule has 0 atom stereocenters. The molecule has 4 rings (SSSR count). The Morgan fingerprint density at radius 2 is 1.89 bits per heavy atom. The highest BCUT2D eigenvalue weighted by Gasteiger charge is 2.20. The second-order valence-electron chi connectivity index (χ2n) is 6.06. The Morgan fingerprint density at radius 1 is 1.11 bits per heavy atom. The summed E-state index contributed by atoms with van der Waals surface area (Å²) in [6, 6.07) is 16.5. The van der Waals surface area contributed by atoms with Crippen LogP contribution in [0, 0.1) is 0 Å². The molecule has 0 fully saturated rings. The van der Waals surface area contributed by atoms with Crippen molar-refractivity contribution in [3.63, 3.8) is 0 Å². The molecule has 0 saturated heterocycles. The fourth-order valence-corrected chi connectivity index (χ4v) is 3.75. The number of rotatable bonds is 5. The highest BCUT2D eigenvalue weighted by atomic mass is 32.1. The average Bonchev–Trinajstić information content (AvgIpc) is 3.33. The fourth-order valence-electron chi connectivity index (χ4n) is 2.87. The summed E-state index contributed by atoms with van der Waals surface area (Å²) < 4.78 is 10.9. The molecule has 0 saturated carbocycles. The second-order valence-corrected chi connectivity index (χ2v) is 7.06. The van der Waals surface area contributed by atoms with E-state index in [1.165, 1.54) is 6.92 Å². The van der Waals surface area contributed by atoms with Gasteiger partial charge in [-0.15, -0.1) is 0 Å². The predicted octanol–water partition coefficient (Wildman–Crippen LogP) is 5.02. The summed E-state index contributed by atoms with van der Waals surface area (Å²) in [6.45, 7) is 1.48. The van der Waals surface area contributed by atoms with Crippen LogP contribution in [0.25, 0.3) is 22.2 Å². The third kappa shape index (κ3) is 3.27. The second kappa shape index (κ2) is 7.28.